The normalized spacial score (nSPS) is 11.7. The van der Waals surface area contributed by atoms with Crippen LogP contribution in [0.25, 0.3) is 0 Å². The molecule has 0 spiro atoms. The van der Waals surface area contributed by atoms with Crippen molar-refractivity contribution in [1.82, 2.24) is 15.4 Å². The summed E-state index contributed by atoms with van der Waals surface area (Å²) in [5, 5.41) is 7.02. The zero-order valence-corrected chi connectivity index (χ0v) is 17.2. The van der Waals surface area contributed by atoms with Crippen LogP contribution in [0.5, 0.6) is 0 Å². The maximum Gasteiger partial charge on any atom is 0.211 e. The monoisotopic (exact) mass is 474 g/mol. The van der Waals surface area contributed by atoms with E-state index in [9.17, 15) is 8.42 Å². The highest BCUT2D eigenvalue weighted by molar-refractivity contribution is 14.0. The summed E-state index contributed by atoms with van der Waals surface area (Å²) in [6.45, 7) is 3.30. The van der Waals surface area contributed by atoms with Gasteiger partial charge in [0.25, 0.3) is 0 Å². The Labute approximate surface area is 160 Å². The summed E-state index contributed by atoms with van der Waals surface area (Å²) in [4.78, 5) is 4.11. The first-order chi connectivity index (χ1) is 10.5. The van der Waals surface area contributed by atoms with Gasteiger partial charge < -0.3 is 10.6 Å². The van der Waals surface area contributed by atoms with E-state index in [4.69, 9.17) is 11.6 Å². The van der Waals surface area contributed by atoms with Gasteiger partial charge in [0, 0.05) is 31.7 Å². The molecule has 9 heteroatoms. The molecule has 0 aliphatic heterocycles. The van der Waals surface area contributed by atoms with Crippen molar-refractivity contribution in [3.8, 4) is 0 Å². The van der Waals surface area contributed by atoms with Crippen LogP contribution in [-0.4, -0.2) is 40.3 Å². The van der Waals surface area contributed by atoms with E-state index in [2.05, 4.69) is 20.3 Å². The fraction of sp³-hybridized carbons (Fsp3) is 0.500. The molecule has 0 aromatic heterocycles. The van der Waals surface area contributed by atoms with Crippen LogP contribution < -0.4 is 15.4 Å². The van der Waals surface area contributed by atoms with Crippen LogP contribution in [-0.2, 0) is 16.6 Å². The van der Waals surface area contributed by atoms with Gasteiger partial charge in [0.15, 0.2) is 5.96 Å². The predicted octanol–water partition coefficient (Wildman–Crippen LogP) is 1.95. The molecule has 0 amide bonds. The summed E-state index contributed by atoms with van der Waals surface area (Å²) >= 11 is 5.84. The van der Waals surface area contributed by atoms with E-state index in [1.54, 1.807) is 14.0 Å². The summed E-state index contributed by atoms with van der Waals surface area (Å²) in [5.74, 6) is 0.776. The maximum atomic E-state index is 11.3. The Morgan fingerprint density at radius 3 is 2.39 bits per heavy atom. The Balaban J connectivity index is 0.00000484. The molecule has 1 aromatic rings. The summed E-state index contributed by atoms with van der Waals surface area (Å²) in [6.07, 6.45) is 0.681. The van der Waals surface area contributed by atoms with Crippen LogP contribution in [0.3, 0.4) is 0 Å². The smallest absolute Gasteiger partial charge is 0.211 e. The van der Waals surface area contributed by atoms with Crippen molar-refractivity contribution in [3.05, 3.63) is 34.9 Å². The Morgan fingerprint density at radius 1 is 1.17 bits per heavy atom. The first kappa shape index (κ1) is 22.4. The van der Waals surface area contributed by atoms with Crippen LogP contribution in [0.2, 0.25) is 5.02 Å². The topological polar surface area (TPSA) is 82.6 Å². The molecule has 0 heterocycles. The standard InChI is InChI=1S/C14H23ClN4O2S.HI/c1-3-22(20,21)19-10-4-9-17-14(16-2)18-11-12-5-7-13(15)8-6-12;/h5-8,19H,3-4,9-11H2,1-2H3,(H2,16,17,18);1H. The summed E-state index contributed by atoms with van der Waals surface area (Å²) in [5.41, 5.74) is 1.10. The van der Waals surface area contributed by atoms with Crippen molar-refractivity contribution >= 4 is 51.6 Å². The molecule has 0 atom stereocenters. The first-order valence-corrected chi connectivity index (χ1v) is 9.16. The molecule has 1 aromatic carbocycles. The largest absolute Gasteiger partial charge is 0.356 e. The molecule has 6 nitrogen and oxygen atoms in total. The van der Waals surface area contributed by atoms with Crippen LogP contribution in [0.15, 0.2) is 29.3 Å². The lowest BCUT2D eigenvalue weighted by molar-refractivity contribution is 0.579. The Kier molecular flexibility index (Phi) is 11.6. The minimum atomic E-state index is -3.11. The highest BCUT2D eigenvalue weighted by Crippen LogP contribution is 2.08. The molecule has 0 aliphatic carbocycles. The van der Waals surface area contributed by atoms with Gasteiger partial charge in [0.2, 0.25) is 10.0 Å². The van der Waals surface area contributed by atoms with Gasteiger partial charge >= 0.3 is 0 Å². The number of nitrogens with zero attached hydrogens (tertiary/aromatic N) is 1. The van der Waals surface area contributed by atoms with E-state index in [0.29, 0.717) is 37.0 Å². The van der Waals surface area contributed by atoms with E-state index in [1.165, 1.54) is 0 Å². The van der Waals surface area contributed by atoms with E-state index in [-0.39, 0.29) is 29.7 Å². The van der Waals surface area contributed by atoms with Gasteiger partial charge in [0.05, 0.1) is 5.75 Å². The number of sulfonamides is 1. The predicted molar refractivity (Wildman–Crippen MR) is 107 cm³/mol. The molecule has 0 saturated carbocycles. The molecule has 0 fully saturated rings. The fourth-order valence-electron chi connectivity index (χ4n) is 1.63. The molecule has 23 heavy (non-hydrogen) atoms. The summed E-state index contributed by atoms with van der Waals surface area (Å²) in [7, 11) is -1.42. The lowest BCUT2D eigenvalue weighted by Gasteiger charge is -2.12. The number of halogens is 2. The zero-order chi connectivity index (χ0) is 16.4. The van der Waals surface area contributed by atoms with Gasteiger partial charge in [-0.05, 0) is 31.0 Å². The highest BCUT2D eigenvalue weighted by Gasteiger charge is 2.04. The molecule has 0 unspecified atom stereocenters. The zero-order valence-electron chi connectivity index (χ0n) is 13.3. The van der Waals surface area contributed by atoms with Crippen molar-refractivity contribution in [2.24, 2.45) is 4.99 Å². The van der Waals surface area contributed by atoms with Crippen molar-refractivity contribution in [3.63, 3.8) is 0 Å². The van der Waals surface area contributed by atoms with Crippen LogP contribution in [0.4, 0.5) is 0 Å². The highest BCUT2D eigenvalue weighted by atomic mass is 127. The van der Waals surface area contributed by atoms with Crippen LogP contribution in [0, 0.1) is 0 Å². The fourth-order valence-corrected chi connectivity index (χ4v) is 2.42. The number of hydrogen-bond donors (Lipinski definition) is 3. The minimum Gasteiger partial charge on any atom is -0.356 e. The van der Waals surface area contributed by atoms with E-state index in [1.807, 2.05) is 24.3 Å². The van der Waals surface area contributed by atoms with Crippen molar-refractivity contribution < 1.29 is 8.42 Å². The number of hydrogen-bond acceptors (Lipinski definition) is 3. The maximum absolute atomic E-state index is 11.3. The Bertz CT molecular complexity index is 579. The number of guanidine groups is 1. The number of rotatable bonds is 8. The average Bonchev–Trinajstić information content (AvgIpc) is 2.51. The molecule has 0 aliphatic rings. The summed E-state index contributed by atoms with van der Waals surface area (Å²) in [6, 6.07) is 7.58. The average molecular weight is 475 g/mol. The molecule has 0 radical (unpaired) electrons. The van der Waals surface area contributed by atoms with E-state index >= 15 is 0 Å². The van der Waals surface area contributed by atoms with Crippen molar-refractivity contribution in [2.75, 3.05) is 25.9 Å². The van der Waals surface area contributed by atoms with Gasteiger partial charge in [-0.3, -0.25) is 4.99 Å². The minimum absolute atomic E-state index is 0. The van der Waals surface area contributed by atoms with E-state index < -0.39 is 10.0 Å². The molecule has 132 valence electrons. The SMILES string of the molecule is CCS(=O)(=O)NCCCNC(=NC)NCc1ccc(Cl)cc1.I. The van der Waals surface area contributed by atoms with Crippen LogP contribution in [0.1, 0.15) is 18.9 Å². The van der Waals surface area contributed by atoms with E-state index in [0.717, 1.165) is 5.56 Å². The van der Waals surface area contributed by atoms with Crippen LogP contribution >= 0.6 is 35.6 Å². The lowest BCUT2D eigenvalue weighted by atomic mass is 10.2. The number of nitrogens with one attached hydrogen (secondary N) is 3. The van der Waals surface area contributed by atoms with Gasteiger partial charge in [-0.25, -0.2) is 13.1 Å². The molecule has 3 N–H and O–H groups in total. The molecular formula is C14H24ClIN4O2S. The van der Waals surface area contributed by atoms with Gasteiger partial charge in [0.1, 0.15) is 0 Å². The number of aliphatic imine (C=N–C) groups is 1. The third-order valence-electron chi connectivity index (χ3n) is 2.94. The second-order valence-corrected chi connectivity index (χ2v) is 7.16. The Hall–Kier alpha value is -0.580. The van der Waals surface area contributed by atoms with Gasteiger partial charge in [-0.1, -0.05) is 23.7 Å². The molecular weight excluding hydrogens is 451 g/mol. The third kappa shape index (κ3) is 10.0. The number of benzene rings is 1. The second-order valence-electron chi connectivity index (χ2n) is 4.63. The first-order valence-electron chi connectivity index (χ1n) is 7.13. The Morgan fingerprint density at radius 2 is 1.83 bits per heavy atom. The lowest BCUT2D eigenvalue weighted by Crippen LogP contribution is -2.38. The summed E-state index contributed by atoms with van der Waals surface area (Å²) < 4.78 is 25.0. The van der Waals surface area contributed by atoms with Gasteiger partial charge in [-0.2, -0.15) is 0 Å². The second kappa shape index (κ2) is 11.9. The molecule has 1 rings (SSSR count). The van der Waals surface area contributed by atoms with Crippen molar-refractivity contribution in [2.45, 2.75) is 19.9 Å². The quantitative estimate of drug-likeness (QED) is 0.233. The van der Waals surface area contributed by atoms with Crippen molar-refractivity contribution in [1.29, 1.82) is 0 Å². The molecule has 0 saturated heterocycles. The molecule has 0 bridgehead atoms. The third-order valence-corrected chi connectivity index (χ3v) is 4.60. The van der Waals surface area contributed by atoms with Gasteiger partial charge in [-0.15, -0.1) is 24.0 Å².